The maximum atomic E-state index is 12.3. The van der Waals surface area contributed by atoms with Crippen LogP contribution in [-0.2, 0) is 25.6 Å². The SMILES string of the molecule is C=CC1=C(C)/C(=C/C2=C(C)C(CCC(=O)O)/C(=C/c3[nH]c(/C=C4\NC(=O)[C@@H](C)\C4=C/C)c(C)c3CCC(=O)O)N2)NC1=O. The van der Waals surface area contributed by atoms with E-state index in [1.807, 2.05) is 58.9 Å². The largest absolute Gasteiger partial charge is 0.481 e. The average molecular weight is 587 g/mol. The van der Waals surface area contributed by atoms with Crippen LogP contribution in [0.15, 0.2) is 69.9 Å². The molecule has 0 aromatic carbocycles. The standard InChI is InChI=1S/C33H38N4O6/c1-7-20-19(6)32(42)37-27(20)14-25-18(5)23(10-12-31(40)41)29(35-25)15-28-22(9-11-30(38)39)17(4)24(34-28)13-26-16(3)21(8-2)33(43)36-26/h7-8,13-15,19,22,34-35H,2,9-12H2,1,3-6H3,(H,36,43)(H,37,42)(H,38,39)(H,40,41)/b20-7+,26-13-,27-14-,28-15-/t19-,22?/m0/s1. The molecule has 0 aliphatic carbocycles. The Hall–Kier alpha value is -4.86. The summed E-state index contributed by atoms with van der Waals surface area (Å²) in [4.78, 5) is 51.1. The molecule has 2 atom stereocenters. The number of carbonyl (C=O) groups is 4. The molecule has 226 valence electrons. The van der Waals surface area contributed by atoms with Gasteiger partial charge in [0.1, 0.15) is 0 Å². The molecule has 0 radical (unpaired) electrons. The topological polar surface area (TPSA) is 161 Å². The number of carboxylic acid groups (broad SMARTS) is 2. The number of carboxylic acids is 2. The number of rotatable bonds is 10. The van der Waals surface area contributed by atoms with E-state index in [4.69, 9.17) is 0 Å². The molecule has 3 aliphatic heterocycles. The number of amides is 2. The van der Waals surface area contributed by atoms with Gasteiger partial charge in [0, 0.05) is 58.5 Å². The average Bonchev–Trinajstić information content (AvgIpc) is 3.59. The van der Waals surface area contributed by atoms with Crippen molar-refractivity contribution in [3.8, 4) is 0 Å². The second-order valence-electron chi connectivity index (χ2n) is 11.0. The first-order valence-electron chi connectivity index (χ1n) is 14.3. The minimum atomic E-state index is -0.919. The van der Waals surface area contributed by atoms with E-state index in [1.54, 1.807) is 0 Å². The Bertz CT molecular complexity index is 1610. The molecule has 0 bridgehead atoms. The minimum Gasteiger partial charge on any atom is -0.481 e. The van der Waals surface area contributed by atoms with Crippen LogP contribution in [-0.4, -0.2) is 39.0 Å². The van der Waals surface area contributed by atoms with E-state index in [1.165, 1.54) is 6.08 Å². The third kappa shape index (κ3) is 6.33. The molecule has 10 nitrogen and oxygen atoms in total. The molecule has 1 saturated heterocycles. The van der Waals surface area contributed by atoms with Gasteiger partial charge in [-0.3, -0.25) is 19.2 Å². The lowest BCUT2D eigenvalue weighted by molar-refractivity contribution is -0.138. The maximum Gasteiger partial charge on any atom is 0.303 e. The Kier molecular flexibility index (Phi) is 9.08. The van der Waals surface area contributed by atoms with Gasteiger partial charge in [0.05, 0.1) is 5.92 Å². The highest BCUT2D eigenvalue weighted by Crippen LogP contribution is 2.37. The van der Waals surface area contributed by atoms with E-state index in [0.29, 0.717) is 29.1 Å². The molecule has 0 spiro atoms. The second kappa shape index (κ2) is 12.6. The number of hydrogen-bond donors (Lipinski definition) is 6. The van der Waals surface area contributed by atoms with E-state index in [0.717, 1.165) is 44.9 Å². The van der Waals surface area contributed by atoms with Crippen LogP contribution < -0.4 is 16.0 Å². The fourth-order valence-corrected chi connectivity index (χ4v) is 5.83. The summed E-state index contributed by atoms with van der Waals surface area (Å²) in [7, 11) is 0. The Morgan fingerprint density at radius 2 is 1.63 bits per heavy atom. The quantitative estimate of drug-likeness (QED) is 0.233. The lowest BCUT2D eigenvalue weighted by Gasteiger charge is -2.13. The molecule has 1 aromatic rings. The molecule has 43 heavy (non-hydrogen) atoms. The van der Waals surface area contributed by atoms with Gasteiger partial charge in [0.2, 0.25) is 5.91 Å². The summed E-state index contributed by atoms with van der Waals surface area (Å²) in [5.41, 5.74) is 9.05. The van der Waals surface area contributed by atoms with Crippen molar-refractivity contribution in [2.75, 3.05) is 0 Å². The monoisotopic (exact) mass is 586 g/mol. The lowest BCUT2D eigenvalue weighted by Crippen LogP contribution is -2.17. The summed E-state index contributed by atoms with van der Waals surface area (Å²) in [5, 5.41) is 28.1. The summed E-state index contributed by atoms with van der Waals surface area (Å²) in [5.74, 6) is -2.65. The van der Waals surface area contributed by atoms with Gasteiger partial charge >= 0.3 is 11.9 Å². The molecule has 4 heterocycles. The van der Waals surface area contributed by atoms with E-state index < -0.39 is 11.9 Å². The Morgan fingerprint density at radius 3 is 2.23 bits per heavy atom. The minimum absolute atomic E-state index is 0.0435. The van der Waals surface area contributed by atoms with Crippen molar-refractivity contribution in [1.82, 2.24) is 20.9 Å². The van der Waals surface area contributed by atoms with Gasteiger partial charge in [-0.05, 0) is 93.5 Å². The van der Waals surface area contributed by atoms with Crippen LogP contribution in [0.1, 0.15) is 69.5 Å². The fourth-order valence-electron chi connectivity index (χ4n) is 5.83. The highest BCUT2D eigenvalue weighted by molar-refractivity contribution is 6.02. The van der Waals surface area contributed by atoms with Gasteiger partial charge in [0.25, 0.3) is 5.91 Å². The fraction of sp³-hybridized carbons (Fsp3) is 0.333. The van der Waals surface area contributed by atoms with Crippen molar-refractivity contribution < 1.29 is 29.4 Å². The first-order chi connectivity index (χ1) is 20.4. The van der Waals surface area contributed by atoms with Crippen molar-refractivity contribution in [3.63, 3.8) is 0 Å². The Balaban J connectivity index is 1.78. The van der Waals surface area contributed by atoms with Gasteiger partial charge in [-0.2, -0.15) is 0 Å². The van der Waals surface area contributed by atoms with Crippen molar-refractivity contribution in [2.24, 2.45) is 11.8 Å². The van der Waals surface area contributed by atoms with Crippen LogP contribution in [0.5, 0.6) is 0 Å². The van der Waals surface area contributed by atoms with E-state index >= 15 is 0 Å². The number of allylic oxidation sites excluding steroid dienone is 5. The van der Waals surface area contributed by atoms with Crippen LogP contribution in [0.25, 0.3) is 12.2 Å². The molecule has 1 unspecified atom stereocenters. The number of hydrogen-bond acceptors (Lipinski definition) is 5. The summed E-state index contributed by atoms with van der Waals surface area (Å²) >= 11 is 0. The Labute approximate surface area is 250 Å². The lowest BCUT2D eigenvalue weighted by atomic mass is 9.92. The van der Waals surface area contributed by atoms with Gasteiger partial charge in [0.15, 0.2) is 0 Å². The van der Waals surface area contributed by atoms with Crippen LogP contribution in [0.4, 0.5) is 0 Å². The van der Waals surface area contributed by atoms with Crippen molar-refractivity contribution in [3.05, 3.63) is 92.4 Å². The molecule has 4 rings (SSSR count). The third-order valence-corrected chi connectivity index (χ3v) is 8.41. The summed E-state index contributed by atoms with van der Waals surface area (Å²) in [6.07, 6.45) is 9.57. The molecular formula is C33H38N4O6. The number of nitrogens with one attached hydrogen (secondary N) is 4. The van der Waals surface area contributed by atoms with Crippen molar-refractivity contribution in [1.29, 1.82) is 0 Å². The van der Waals surface area contributed by atoms with Crippen molar-refractivity contribution >= 4 is 35.9 Å². The molecule has 3 aliphatic rings. The van der Waals surface area contributed by atoms with Gasteiger partial charge in [-0.25, -0.2) is 0 Å². The van der Waals surface area contributed by atoms with Crippen LogP contribution in [0.2, 0.25) is 0 Å². The predicted molar refractivity (Wildman–Crippen MR) is 164 cm³/mol. The van der Waals surface area contributed by atoms with Gasteiger partial charge < -0.3 is 31.1 Å². The molecular weight excluding hydrogens is 548 g/mol. The molecule has 0 saturated carbocycles. The van der Waals surface area contributed by atoms with Crippen LogP contribution in [0.3, 0.4) is 0 Å². The second-order valence-corrected chi connectivity index (χ2v) is 11.0. The third-order valence-electron chi connectivity index (χ3n) is 8.41. The summed E-state index contributed by atoms with van der Waals surface area (Å²) in [6.45, 7) is 13.1. The van der Waals surface area contributed by atoms with E-state index in [9.17, 15) is 29.4 Å². The normalized spacial score (nSPS) is 24.0. The zero-order chi connectivity index (χ0) is 31.6. The summed E-state index contributed by atoms with van der Waals surface area (Å²) < 4.78 is 0. The van der Waals surface area contributed by atoms with Crippen LogP contribution >= 0.6 is 0 Å². The van der Waals surface area contributed by atoms with E-state index in [2.05, 4.69) is 27.5 Å². The summed E-state index contributed by atoms with van der Waals surface area (Å²) in [6, 6.07) is 0. The molecule has 6 N–H and O–H groups in total. The maximum absolute atomic E-state index is 12.3. The molecule has 1 aromatic heterocycles. The number of carbonyl (C=O) groups excluding carboxylic acids is 2. The number of H-pyrrole nitrogens is 1. The highest BCUT2D eigenvalue weighted by atomic mass is 16.4. The number of aliphatic carboxylic acids is 2. The first kappa shape index (κ1) is 31.1. The zero-order valence-corrected chi connectivity index (χ0v) is 25.1. The van der Waals surface area contributed by atoms with Gasteiger partial charge in [-0.15, -0.1) is 0 Å². The van der Waals surface area contributed by atoms with Crippen molar-refractivity contribution in [2.45, 2.75) is 60.3 Å². The van der Waals surface area contributed by atoms with Gasteiger partial charge in [-0.1, -0.05) is 18.7 Å². The Morgan fingerprint density at radius 1 is 0.930 bits per heavy atom. The van der Waals surface area contributed by atoms with E-state index in [-0.39, 0.29) is 42.9 Å². The zero-order valence-electron chi connectivity index (χ0n) is 25.1. The molecule has 10 heteroatoms. The van der Waals surface area contributed by atoms with Crippen LogP contribution in [0, 0.1) is 18.8 Å². The number of aromatic amines is 1. The molecule has 2 amide bonds. The predicted octanol–water partition coefficient (Wildman–Crippen LogP) is 4.61. The first-order valence-corrected chi connectivity index (χ1v) is 14.3. The number of aromatic nitrogens is 1. The molecule has 1 fully saturated rings. The highest BCUT2D eigenvalue weighted by Gasteiger charge is 2.31. The smallest absolute Gasteiger partial charge is 0.303 e.